The number of rotatable bonds is 5. The fourth-order valence-corrected chi connectivity index (χ4v) is 2.09. The van der Waals surface area contributed by atoms with Crippen molar-refractivity contribution in [2.45, 2.75) is 6.42 Å². The highest BCUT2D eigenvalue weighted by atomic mass is 35.5. The van der Waals surface area contributed by atoms with Crippen LogP contribution in [0.4, 0.5) is 5.69 Å². The van der Waals surface area contributed by atoms with Gasteiger partial charge in [0.2, 0.25) is 0 Å². The number of ether oxygens (including phenoxy) is 1. The Morgan fingerprint density at radius 2 is 2.19 bits per heavy atom. The van der Waals surface area contributed by atoms with Gasteiger partial charge < -0.3 is 20.6 Å². The van der Waals surface area contributed by atoms with E-state index in [1.165, 1.54) is 6.07 Å². The van der Waals surface area contributed by atoms with Crippen molar-refractivity contribution in [2.75, 3.05) is 18.9 Å². The Morgan fingerprint density at radius 1 is 1.43 bits per heavy atom. The van der Waals surface area contributed by atoms with Gasteiger partial charge in [0, 0.05) is 24.0 Å². The second-order valence-corrected chi connectivity index (χ2v) is 5.07. The summed E-state index contributed by atoms with van der Waals surface area (Å²) >= 11 is 10.0. The normalized spacial score (nSPS) is 11.8. The quantitative estimate of drug-likeness (QED) is 0.256. The van der Waals surface area contributed by atoms with Gasteiger partial charge in [-0.2, -0.15) is 0 Å². The van der Waals surface area contributed by atoms with Crippen LogP contribution in [0.3, 0.4) is 0 Å². The van der Waals surface area contributed by atoms with Crippen molar-refractivity contribution in [2.24, 2.45) is 10.7 Å². The molecular weight excluding hydrogens is 314 g/mol. The minimum absolute atomic E-state index is 0.0123. The van der Waals surface area contributed by atoms with Crippen LogP contribution in [0.5, 0.6) is 5.95 Å². The number of benzene rings is 1. The third-order valence-corrected chi connectivity index (χ3v) is 3.17. The number of halogens is 1. The molecular formula is C13H14ClN3O3S. The molecule has 2 aromatic rings. The fourth-order valence-electron chi connectivity index (χ4n) is 1.73. The van der Waals surface area contributed by atoms with Crippen molar-refractivity contribution in [3.8, 4) is 5.95 Å². The van der Waals surface area contributed by atoms with Crippen molar-refractivity contribution in [3.05, 3.63) is 33.6 Å². The van der Waals surface area contributed by atoms with E-state index in [1.54, 1.807) is 12.1 Å². The molecule has 0 unspecified atom stereocenters. The summed E-state index contributed by atoms with van der Waals surface area (Å²) in [5, 5.41) is 1.30. The van der Waals surface area contributed by atoms with Crippen LogP contribution in [0, 0.1) is 0 Å². The molecule has 2 rings (SSSR count). The van der Waals surface area contributed by atoms with Crippen LogP contribution in [0.1, 0.15) is 6.42 Å². The van der Waals surface area contributed by atoms with Crippen LogP contribution in [-0.2, 0) is 0 Å². The first-order valence-electron chi connectivity index (χ1n) is 6.12. The van der Waals surface area contributed by atoms with Gasteiger partial charge in [0.1, 0.15) is 5.02 Å². The predicted molar refractivity (Wildman–Crippen MR) is 87.5 cm³/mol. The summed E-state index contributed by atoms with van der Waals surface area (Å²) in [5.74, 6) is -0.0123. The average Bonchev–Trinajstić information content (AvgIpc) is 2.43. The molecule has 0 saturated carbocycles. The van der Waals surface area contributed by atoms with Crippen molar-refractivity contribution in [3.63, 3.8) is 0 Å². The summed E-state index contributed by atoms with van der Waals surface area (Å²) in [6.45, 7) is 0.745. The monoisotopic (exact) mass is 327 g/mol. The number of nitrogen functional groups attached to an aromatic ring is 1. The molecule has 8 heteroatoms. The molecule has 0 atom stereocenters. The minimum atomic E-state index is -0.547. The van der Waals surface area contributed by atoms with Gasteiger partial charge in [-0.25, -0.2) is 4.79 Å². The van der Waals surface area contributed by atoms with Crippen LogP contribution in [-0.4, -0.2) is 18.3 Å². The van der Waals surface area contributed by atoms with Crippen LogP contribution in [0.25, 0.3) is 10.8 Å². The molecule has 0 saturated heterocycles. The van der Waals surface area contributed by atoms with E-state index in [-0.39, 0.29) is 22.7 Å². The van der Waals surface area contributed by atoms with Crippen molar-refractivity contribution >= 4 is 45.9 Å². The third-order valence-electron chi connectivity index (χ3n) is 2.67. The maximum absolute atomic E-state index is 11.9. The van der Waals surface area contributed by atoms with Crippen LogP contribution in [0.15, 0.2) is 32.4 Å². The number of hydrogen-bond donors (Lipinski definition) is 3. The minimum Gasteiger partial charge on any atom is -0.464 e. The van der Waals surface area contributed by atoms with Crippen molar-refractivity contribution in [1.82, 2.24) is 0 Å². The standard InChI is InChI=1S/C13H14ClN3O3S/c14-10-8-3-2-7(15)6-9(8)11(18)20-12(10)19-5-1-4-17-13(16)21/h2-3,6H,1,4-5,15H2,(H3,16,17,21). The van der Waals surface area contributed by atoms with E-state index in [0.29, 0.717) is 29.4 Å². The summed E-state index contributed by atoms with van der Waals surface area (Å²) in [5.41, 5.74) is 10.8. The second-order valence-electron chi connectivity index (χ2n) is 4.24. The number of amidine groups is 1. The summed E-state index contributed by atoms with van der Waals surface area (Å²) in [6, 6.07) is 4.82. The first kappa shape index (κ1) is 15.5. The van der Waals surface area contributed by atoms with Gasteiger partial charge in [-0.1, -0.05) is 17.7 Å². The second kappa shape index (κ2) is 6.73. The molecule has 4 N–H and O–H groups in total. The first-order chi connectivity index (χ1) is 9.99. The molecule has 0 amide bonds. The Balaban J connectivity index is 2.18. The molecule has 0 aliphatic heterocycles. The largest absolute Gasteiger partial charge is 0.464 e. The van der Waals surface area contributed by atoms with E-state index in [0.717, 1.165) is 0 Å². The maximum atomic E-state index is 11.9. The summed E-state index contributed by atoms with van der Waals surface area (Å²) in [6.07, 6.45) is 0.584. The molecule has 21 heavy (non-hydrogen) atoms. The molecule has 0 spiro atoms. The highest BCUT2D eigenvalue weighted by Crippen LogP contribution is 2.31. The molecule has 1 aromatic heterocycles. The Morgan fingerprint density at radius 3 is 2.90 bits per heavy atom. The zero-order chi connectivity index (χ0) is 15.4. The smallest absolute Gasteiger partial charge is 0.346 e. The predicted octanol–water partition coefficient (Wildman–Crippen LogP) is 2.04. The fraction of sp³-hybridized carbons (Fsp3) is 0.231. The SMILES string of the molecule is NC(S)=NCCCOc1oc(=O)c2cc(N)ccc2c1Cl. The lowest BCUT2D eigenvalue weighted by molar-refractivity contribution is 0.231. The number of aliphatic imine (C=N–C) groups is 1. The topological polar surface area (TPSA) is 104 Å². The lowest BCUT2D eigenvalue weighted by Crippen LogP contribution is -2.07. The van der Waals surface area contributed by atoms with E-state index in [2.05, 4.69) is 17.6 Å². The maximum Gasteiger partial charge on any atom is 0.346 e. The first-order valence-corrected chi connectivity index (χ1v) is 6.95. The van der Waals surface area contributed by atoms with Gasteiger partial charge in [0.05, 0.1) is 12.0 Å². The van der Waals surface area contributed by atoms with Crippen LogP contribution >= 0.6 is 24.2 Å². The van der Waals surface area contributed by atoms with E-state index in [1.807, 2.05) is 0 Å². The molecule has 0 radical (unpaired) electrons. The zero-order valence-electron chi connectivity index (χ0n) is 11.0. The highest BCUT2D eigenvalue weighted by molar-refractivity contribution is 7.96. The Labute approximate surface area is 131 Å². The summed E-state index contributed by atoms with van der Waals surface area (Å²) < 4.78 is 10.4. The average molecular weight is 328 g/mol. The van der Waals surface area contributed by atoms with E-state index < -0.39 is 5.63 Å². The highest BCUT2D eigenvalue weighted by Gasteiger charge is 2.13. The van der Waals surface area contributed by atoms with E-state index in [4.69, 9.17) is 32.2 Å². The zero-order valence-corrected chi connectivity index (χ0v) is 12.7. The Hall–Kier alpha value is -1.86. The third kappa shape index (κ3) is 3.83. The molecule has 1 aromatic carbocycles. The summed E-state index contributed by atoms with van der Waals surface area (Å²) in [4.78, 5) is 15.8. The molecule has 0 bridgehead atoms. The van der Waals surface area contributed by atoms with Gasteiger partial charge in [0.15, 0.2) is 5.17 Å². The van der Waals surface area contributed by atoms with Gasteiger partial charge in [-0.3, -0.25) is 4.99 Å². The summed E-state index contributed by atoms with van der Waals surface area (Å²) in [7, 11) is 0. The number of hydrogen-bond acceptors (Lipinski definition) is 5. The van der Waals surface area contributed by atoms with Crippen molar-refractivity contribution < 1.29 is 9.15 Å². The molecule has 0 aliphatic rings. The number of anilines is 1. The van der Waals surface area contributed by atoms with Crippen LogP contribution in [0.2, 0.25) is 5.02 Å². The van der Waals surface area contributed by atoms with Crippen LogP contribution < -0.4 is 21.8 Å². The van der Waals surface area contributed by atoms with Gasteiger partial charge in [0.25, 0.3) is 0 Å². The molecule has 0 fully saturated rings. The number of thiol groups is 1. The number of nitrogens with zero attached hydrogens (tertiary/aromatic N) is 1. The molecule has 112 valence electrons. The Kier molecular flexibility index (Phi) is 4.98. The van der Waals surface area contributed by atoms with E-state index >= 15 is 0 Å². The molecule has 1 heterocycles. The van der Waals surface area contributed by atoms with E-state index in [9.17, 15) is 4.79 Å². The van der Waals surface area contributed by atoms with Gasteiger partial charge >= 0.3 is 11.6 Å². The lowest BCUT2D eigenvalue weighted by Gasteiger charge is -2.07. The number of nitrogens with two attached hydrogens (primary N) is 2. The van der Waals surface area contributed by atoms with Gasteiger partial charge in [-0.05, 0) is 12.1 Å². The number of fused-ring (bicyclic) bond motifs is 1. The van der Waals surface area contributed by atoms with Crippen molar-refractivity contribution in [1.29, 1.82) is 0 Å². The Bertz CT molecular complexity index is 741. The lowest BCUT2D eigenvalue weighted by atomic mass is 10.1. The van der Waals surface area contributed by atoms with Gasteiger partial charge in [-0.15, -0.1) is 12.6 Å². The molecule has 0 aliphatic carbocycles. The molecule has 6 nitrogen and oxygen atoms in total.